The highest BCUT2D eigenvalue weighted by molar-refractivity contribution is 5.99. The van der Waals surface area contributed by atoms with E-state index in [1.54, 1.807) is 6.92 Å². The van der Waals surface area contributed by atoms with Gasteiger partial charge in [0.15, 0.2) is 0 Å². The van der Waals surface area contributed by atoms with Gasteiger partial charge in [0.25, 0.3) is 0 Å². The van der Waals surface area contributed by atoms with Crippen LogP contribution in [0.3, 0.4) is 0 Å². The van der Waals surface area contributed by atoms with Gasteiger partial charge in [0.05, 0.1) is 6.61 Å². The van der Waals surface area contributed by atoms with Crippen LogP contribution in [0.2, 0.25) is 0 Å². The van der Waals surface area contributed by atoms with Crippen LogP contribution >= 0.6 is 0 Å². The number of fused-ring (bicyclic) bond motifs is 1. The Kier molecular flexibility index (Phi) is 3.46. The average Bonchev–Trinajstić information content (AvgIpc) is 2.68. The van der Waals surface area contributed by atoms with Gasteiger partial charge in [0, 0.05) is 6.42 Å². The summed E-state index contributed by atoms with van der Waals surface area (Å²) in [6.07, 6.45) is 9.12. The maximum absolute atomic E-state index is 12.1. The number of hydrogen-bond donors (Lipinski definition) is 0. The van der Waals surface area contributed by atoms with Crippen LogP contribution in [-0.4, -0.2) is 18.4 Å². The van der Waals surface area contributed by atoms with Crippen molar-refractivity contribution in [3.63, 3.8) is 0 Å². The topological polar surface area (TPSA) is 43.4 Å². The van der Waals surface area contributed by atoms with Crippen LogP contribution < -0.4 is 0 Å². The molecule has 0 aliphatic heterocycles. The first-order valence-electron chi connectivity index (χ1n) is 7.56. The standard InChI is InChI=1S/C16H22O3/c1-2-19-16(18)14-9-13-10-5-3-4-6-11(13)12(10)7-8-15(14)17/h3-4,10-14H,2,5-9H2,1H3/t10-,11+,12?,13?,14?. The Hall–Kier alpha value is -1.12. The zero-order chi connectivity index (χ0) is 13.4. The minimum Gasteiger partial charge on any atom is -0.465 e. The molecule has 2 saturated carbocycles. The lowest BCUT2D eigenvalue weighted by molar-refractivity contribution is -0.157. The third-order valence-electron chi connectivity index (χ3n) is 5.37. The van der Waals surface area contributed by atoms with Gasteiger partial charge in [0.1, 0.15) is 11.7 Å². The maximum Gasteiger partial charge on any atom is 0.316 e. The van der Waals surface area contributed by atoms with E-state index in [2.05, 4.69) is 12.2 Å². The highest BCUT2D eigenvalue weighted by atomic mass is 16.5. The Labute approximate surface area is 114 Å². The van der Waals surface area contributed by atoms with Crippen LogP contribution in [0.4, 0.5) is 0 Å². The van der Waals surface area contributed by atoms with E-state index in [1.165, 1.54) is 0 Å². The van der Waals surface area contributed by atoms with Crippen molar-refractivity contribution < 1.29 is 14.3 Å². The van der Waals surface area contributed by atoms with E-state index in [0.29, 0.717) is 36.7 Å². The minimum absolute atomic E-state index is 0.109. The van der Waals surface area contributed by atoms with Crippen molar-refractivity contribution in [1.29, 1.82) is 0 Å². The van der Waals surface area contributed by atoms with Gasteiger partial charge in [-0.3, -0.25) is 9.59 Å². The third kappa shape index (κ3) is 2.13. The SMILES string of the molecule is CCOC(=O)C1CC2[C@@H]3CC=CC[C@H]2C3CCC1=O. The van der Waals surface area contributed by atoms with Crippen LogP contribution in [0.25, 0.3) is 0 Å². The molecule has 0 aromatic heterocycles. The highest BCUT2D eigenvalue weighted by Crippen LogP contribution is 2.57. The summed E-state index contributed by atoms with van der Waals surface area (Å²) in [5, 5.41) is 0. The smallest absolute Gasteiger partial charge is 0.316 e. The monoisotopic (exact) mass is 262 g/mol. The zero-order valence-electron chi connectivity index (χ0n) is 11.5. The van der Waals surface area contributed by atoms with Gasteiger partial charge in [-0.15, -0.1) is 0 Å². The van der Waals surface area contributed by atoms with Crippen LogP contribution in [0.5, 0.6) is 0 Å². The molecule has 0 spiro atoms. The molecular weight excluding hydrogens is 240 g/mol. The first-order chi connectivity index (χ1) is 9.22. The molecule has 0 aromatic rings. The first kappa shape index (κ1) is 12.9. The van der Waals surface area contributed by atoms with E-state index >= 15 is 0 Å². The van der Waals surface area contributed by atoms with Gasteiger partial charge < -0.3 is 4.74 Å². The Morgan fingerprint density at radius 1 is 1.21 bits per heavy atom. The van der Waals surface area contributed by atoms with Gasteiger partial charge >= 0.3 is 5.97 Å². The summed E-state index contributed by atoms with van der Waals surface area (Å²) >= 11 is 0. The number of allylic oxidation sites excluding steroid dienone is 2. The van der Waals surface area contributed by atoms with Crippen molar-refractivity contribution in [2.45, 2.75) is 39.0 Å². The number of ketones is 1. The summed E-state index contributed by atoms with van der Waals surface area (Å²) in [5.41, 5.74) is 0. The lowest BCUT2D eigenvalue weighted by Gasteiger charge is -2.53. The van der Waals surface area contributed by atoms with Gasteiger partial charge in [-0.1, -0.05) is 12.2 Å². The molecule has 0 radical (unpaired) electrons. The number of esters is 1. The summed E-state index contributed by atoms with van der Waals surface area (Å²) in [6, 6.07) is 0. The molecule has 3 aliphatic carbocycles. The predicted molar refractivity (Wildman–Crippen MR) is 71.3 cm³/mol. The van der Waals surface area contributed by atoms with Crippen LogP contribution in [0.15, 0.2) is 12.2 Å². The van der Waals surface area contributed by atoms with E-state index in [4.69, 9.17) is 4.74 Å². The fraction of sp³-hybridized carbons (Fsp3) is 0.750. The van der Waals surface area contributed by atoms with Crippen molar-refractivity contribution in [3.05, 3.63) is 12.2 Å². The van der Waals surface area contributed by atoms with Crippen molar-refractivity contribution in [1.82, 2.24) is 0 Å². The second-order valence-corrected chi connectivity index (χ2v) is 6.14. The number of hydrogen-bond acceptors (Lipinski definition) is 3. The average molecular weight is 262 g/mol. The normalized spacial score (nSPS) is 40.7. The fourth-order valence-electron chi connectivity index (χ4n) is 4.47. The van der Waals surface area contributed by atoms with Crippen molar-refractivity contribution in [2.24, 2.45) is 29.6 Å². The summed E-state index contributed by atoms with van der Waals surface area (Å²) < 4.78 is 5.09. The molecule has 3 rings (SSSR count). The molecule has 3 nitrogen and oxygen atoms in total. The number of carbonyl (C=O) groups is 2. The van der Waals surface area contributed by atoms with Crippen LogP contribution in [-0.2, 0) is 14.3 Å². The first-order valence-corrected chi connectivity index (χ1v) is 7.56. The molecule has 0 N–H and O–H groups in total. The Morgan fingerprint density at radius 3 is 2.53 bits per heavy atom. The second-order valence-electron chi connectivity index (χ2n) is 6.14. The molecule has 3 heteroatoms. The molecule has 3 unspecified atom stereocenters. The summed E-state index contributed by atoms with van der Waals surface area (Å²) in [6.45, 7) is 2.17. The molecule has 104 valence electrons. The Balaban J connectivity index is 1.77. The van der Waals surface area contributed by atoms with Crippen molar-refractivity contribution in [3.8, 4) is 0 Å². The van der Waals surface area contributed by atoms with E-state index in [-0.39, 0.29) is 11.8 Å². The third-order valence-corrected chi connectivity index (χ3v) is 5.37. The fourth-order valence-corrected chi connectivity index (χ4v) is 4.47. The van der Waals surface area contributed by atoms with Crippen LogP contribution in [0, 0.1) is 29.6 Å². The quantitative estimate of drug-likeness (QED) is 0.436. The van der Waals surface area contributed by atoms with E-state index in [0.717, 1.165) is 25.7 Å². The van der Waals surface area contributed by atoms with Gasteiger partial charge in [0.2, 0.25) is 0 Å². The second kappa shape index (κ2) is 5.10. The van der Waals surface area contributed by atoms with E-state index in [1.807, 2.05) is 0 Å². The molecule has 4 bridgehead atoms. The molecular formula is C16H22O3. The molecule has 0 aromatic carbocycles. The van der Waals surface area contributed by atoms with E-state index in [9.17, 15) is 9.59 Å². The lowest BCUT2D eigenvalue weighted by Crippen LogP contribution is -2.50. The summed E-state index contributed by atoms with van der Waals surface area (Å²) in [7, 11) is 0. The van der Waals surface area contributed by atoms with Gasteiger partial charge in [-0.05, 0) is 56.3 Å². The Morgan fingerprint density at radius 2 is 1.89 bits per heavy atom. The van der Waals surface area contributed by atoms with Gasteiger partial charge in [-0.2, -0.15) is 0 Å². The number of Topliss-reactive ketones (excluding diaryl/α,β-unsaturated/α-hetero) is 1. The van der Waals surface area contributed by atoms with Crippen molar-refractivity contribution in [2.75, 3.05) is 6.61 Å². The summed E-state index contributed by atoms with van der Waals surface area (Å²) in [5.74, 6) is 2.00. The van der Waals surface area contributed by atoms with Crippen LogP contribution in [0.1, 0.15) is 39.0 Å². The number of rotatable bonds is 2. The molecule has 0 saturated heterocycles. The zero-order valence-corrected chi connectivity index (χ0v) is 11.5. The molecule has 3 aliphatic rings. The number of ether oxygens (including phenoxy) is 1. The predicted octanol–water partition coefficient (Wildman–Crippen LogP) is 2.75. The molecule has 5 atom stereocenters. The molecule has 0 heterocycles. The van der Waals surface area contributed by atoms with E-state index < -0.39 is 5.92 Å². The molecule has 2 fully saturated rings. The van der Waals surface area contributed by atoms with Gasteiger partial charge in [-0.25, -0.2) is 0 Å². The molecule has 19 heavy (non-hydrogen) atoms. The summed E-state index contributed by atoms with van der Waals surface area (Å²) in [4.78, 5) is 24.1. The maximum atomic E-state index is 12.1. The lowest BCUT2D eigenvalue weighted by atomic mass is 9.51. The highest BCUT2D eigenvalue weighted by Gasteiger charge is 2.52. The molecule has 0 amide bonds. The number of carbonyl (C=O) groups excluding carboxylic acids is 2. The Bertz CT molecular complexity index is 388. The largest absolute Gasteiger partial charge is 0.465 e. The minimum atomic E-state index is -0.491. The van der Waals surface area contributed by atoms with Crippen molar-refractivity contribution >= 4 is 11.8 Å².